The molecule has 9 nitrogen and oxygen atoms in total. The largest absolute Gasteiger partial charge is 0.394 e. The fourth-order valence-corrected chi connectivity index (χ4v) is 3.15. The molecule has 0 amide bonds. The van der Waals surface area contributed by atoms with Crippen LogP contribution in [0.25, 0.3) is 0 Å². The van der Waals surface area contributed by atoms with Crippen molar-refractivity contribution < 1.29 is 24.9 Å². The quantitative estimate of drug-likeness (QED) is 0.485. The Labute approximate surface area is 147 Å². The van der Waals surface area contributed by atoms with Gasteiger partial charge in [0.1, 0.15) is 18.3 Å². The molecule has 1 saturated heterocycles. The minimum absolute atomic E-state index is 0.162. The zero-order valence-electron chi connectivity index (χ0n) is 13.8. The summed E-state index contributed by atoms with van der Waals surface area (Å²) < 4.78 is 6.27. The number of benzene rings is 1. The zero-order valence-corrected chi connectivity index (χ0v) is 13.8. The Morgan fingerprint density at radius 1 is 1.27 bits per heavy atom. The van der Waals surface area contributed by atoms with Crippen molar-refractivity contribution in [2.24, 2.45) is 0 Å². The number of aliphatic hydroxyl groups is 3. The van der Waals surface area contributed by atoms with E-state index < -0.39 is 47.7 Å². The number of Topliss-reactive ketones (excluding diaryl/α,β-unsaturated/α-hetero) is 1. The van der Waals surface area contributed by atoms with Gasteiger partial charge in [-0.15, -0.1) is 0 Å². The highest BCUT2D eigenvalue weighted by Crippen LogP contribution is 2.38. The second kappa shape index (κ2) is 6.61. The van der Waals surface area contributed by atoms with Gasteiger partial charge in [0.2, 0.25) is 11.5 Å². The highest BCUT2D eigenvalue weighted by molar-refractivity contribution is 6.02. The number of carbonyl (C=O) groups is 1. The third kappa shape index (κ3) is 2.61. The molecule has 1 aromatic heterocycles. The molecule has 138 valence electrons. The van der Waals surface area contributed by atoms with Crippen molar-refractivity contribution in [3.63, 3.8) is 0 Å². The number of rotatable bonds is 4. The fraction of sp³-hybridized carbons (Fsp3) is 0.353. The van der Waals surface area contributed by atoms with E-state index in [0.717, 1.165) is 16.8 Å². The minimum Gasteiger partial charge on any atom is -0.394 e. The Balaban J connectivity index is 2.27. The number of aryl methyl sites for hydroxylation is 1. The van der Waals surface area contributed by atoms with Gasteiger partial charge in [-0.3, -0.25) is 19.1 Å². The Kier molecular flexibility index (Phi) is 4.63. The van der Waals surface area contributed by atoms with Crippen LogP contribution >= 0.6 is 0 Å². The number of aromatic nitrogens is 2. The smallest absolute Gasteiger partial charge is 0.331 e. The number of hydrogen-bond donors (Lipinski definition) is 4. The Bertz CT molecular complexity index is 950. The number of ether oxygens (including phenoxy) is 1. The number of carbonyl (C=O) groups excluding carboxylic acids is 1. The molecule has 2 aromatic rings. The number of nitrogens with one attached hydrogen (secondary N) is 1. The normalized spacial score (nSPS) is 28.2. The lowest BCUT2D eigenvalue weighted by molar-refractivity contribution is -0.118. The van der Waals surface area contributed by atoms with E-state index >= 15 is 0 Å². The summed E-state index contributed by atoms with van der Waals surface area (Å²) in [4.78, 5) is 39.0. The van der Waals surface area contributed by atoms with Crippen molar-refractivity contribution >= 4 is 5.78 Å². The fourth-order valence-electron chi connectivity index (χ4n) is 3.15. The first-order valence-electron chi connectivity index (χ1n) is 7.90. The third-order valence-corrected chi connectivity index (χ3v) is 4.51. The molecule has 1 aliphatic heterocycles. The SMILES string of the molecule is Cc1ccccc1C(=O)[C@@]1(n2ccc(=O)[nH]c2=O)O[C@H](CO)[C@@H](O)[C@H]1O. The van der Waals surface area contributed by atoms with Gasteiger partial charge in [-0.2, -0.15) is 0 Å². The number of H-pyrrole nitrogens is 1. The molecular formula is C17H18N2O7. The minimum atomic E-state index is -2.33. The summed E-state index contributed by atoms with van der Waals surface area (Å²) in [7, 11) is 0. The van der Waals surface area contributed by atoms with E-state index in [1.54, 1.807) is 25.1 Å². The van der Waals surface area contributed by atoms with Gasteiger partial charge in [0.15, 0.2) is 0 Å². The first-order chi connectivity index (χ1) is 12.3. The molecule has 4 N–H and O–H groups in total. The number of hydrogen-bond acceptors (Lipinski definition) is 7. The van der Waals surface area contributed by atoms with Crippen molar-refractivity contribution in [1.29, 1.82) is 0 Å². The van der Waals surface area contributed by atoms with Crippen molar-refractivity contribution in [3.05, 3.63) is 68.5 Å². The average Bonchev–Trinajstić information content (AvgIpc) is 2.87. The van der Waals surface area contributed by atoms with E-state index in [-0.39, 0.29) is 5.56 Å². The highest BCUT2D eigenvalue weighted by Gasteiger charge is 2.60. The maximum atomic E-state index is 13.3. The molecule has 2 heterocycles. The molecule has 1 aromatic carbocycles. The van der Waals surface area contributed by atoms with Gasteiger partial charge in [0.05, 0.1) is 6.61 Å². The zero-order chi connectivity index (χ0) is 19.1. The Morgan fingerprint density at radius 2 is 1.96 bits per heavy atom. The first-order valence-corrected chi connectivity index (χ1v) is 7.90. The molecule has 1 fully saturated rings. The lowest BCUT2D eigenvalue weighted by Gasteiger charge is -2.32. The van der Waals surface area contributed by atoms with Crippen LogP contribution < -0.4 is 11.2 Å². The summed E-state index contributed by atoms with van der Waals surface area (Å²) in [5, 5.41) is 30.2. The van der Waals surface area contributed by atoms with Crippen molar-refractivity contribution in [1.82, 2.24) is 9.55 Å². The van der Waals surface area contributed by atoms with E-state index in [1.165, 1.54) is 6.07 Å². The lowest BCUT2D eigenvalue weighted by Crippen LogP contribution is -2.56. The van der Waals surface area contributed by atoms with Gasteiger partial charge in [-0.05, 0) is 12.5 Å². The molecule has 0 radical (unpaired) electrons. The Morgan fingerprint density at radius 3 is 2.54 bits per heavy atom. The number of ketones is 1. The summed E-state index contributed by atoms with van der Waals surface area (Å²) in [6, 6.07) is 7.46. The number of aliphatic hydroxyl groups excluding tert-OH is 3. The molecule has 0 unspecified atom stereocenters. The second-order valence-electron chi connectivity index (χ2n) is 6.09. The van der Waals surface area contributed by atoms with Gasteiger partial charge in [0, 0.05) is 17.8 Å². The van der Waals surface area contributed by atoms with Crippen LogP contribution in [-0.4, -0.2) is 55.6 Å². The standard InChI is InChI=1S/C17H18N2O7/c1-9-4-2-3-5-10(9)14(23)17(15(24)13(22)11(8-20)26-17)19-7-6-12(21)18-16(19)25/h2-7,11,13,15,20,22,24H,8H2,1H3,(H,18,21,25)/t11-,13-,15-,17-/m1/s1. The number of aromatic amines is 1. The second-order valence-corrected chi connectivity index (χ2v) is 6.09. The van der Waals surface area contributed by atoms with Crippen molar-refractivity contribution in [3.8, 4) is 0 Å². The van der Waals surface area contributed by atoms with Crippen LogP contribution in [0.3, 0.4) is 0 Å². The van der Waals surface area contributed by atoms with E-state index in [9.17, 15) is 29.7 Å². The van der Waals surface area contributed by atoms with Gasteiger partial charge in [-0.25, -0.2) is 4.79 Å². The summed E-state index contributed by atoms with van der Waals surface area (Å²) in [6.45, 7) is 0.983. The molecule has 1 aliphatic rings. The summed E-state index contributed by atoms with van der Waals surface area (Å²) in [5.41, 5.74) is -3.30. The summed E-state index contributed by atoms with van der Waals surface area (Å²) >= 11 is 0. The summed E-state index contributed by atoms with van der Waals surface area (Å²) in [6.07, 6.45) is -3.76. The van der Waals surface area contributed by atoms with Crippen LogP contribution in [0, 0.1) is 6.92 Å². The van der Waals surface area contributed by atoms with Gasteiger partial charge in [0.25, 0.3) is 5.56 Å². The first kappa shape index (κ1) is 18.2. The molecule has 0 spiro atoms. The van der Waals surface area contributed by atoms with E-state index in [2.05, 4.69) is 0 Å². The van der Waals surface area contributed by atoms with Crippen LogP contribution in [0.2, 0.25) is 0 Å². The summed E-state index contributed by atoms with van der Waals surface area (Å²) in [5.74, 6) is -0.785. The van der Waals surface area contributed by atoms with Crippen LogP contribution in [0.5, 0.6) is 0 Å². The third-order valence-electron chi connectivity index (χ3n) is 4.51. The van der Waals surface area contributed by atoms with E-state index in [1.807, 2.05) is 4.98 Å². The maximum absolute atomic E-state index is 13.3. The maximum Gasteiger partial charge on any atom is 0.331 e. The van der Waals surface area contributed by atoms with E-state index in [4.69, 9.17) is 4.74 Å². The molecular weight excluding hydrogens is 344 g/mol. The Hall–Kier alpha value is -2.59. The molecule has 0 saturated carbocycles. The topological polar surface area (TPSA) is 142 Å². The van der Waals surface area contributed by atoms with Gasteiger partial charge < -0.3 is 20.1 Å². The monoisotopic (exact) mass is 362 g/mol. The number of nitrogens with zero attached hydrogens (tertiary/aromatic N) is 1. The molecule has 9 heteroatoms. The predicted octanol–water partition coefficient (Wildman–Crippen LogP) is -1.51. The molecule has 26 heavy (non-hydrogen) atoms. The van der Waals surface area contributed by atoms with Crippen LogP contribution in [0.15, 0.2) is 46.1 Å². The van der Waals surface area contributed by atoms with Crippen molar-refractivity contribution in [2.45, 2.75) is 31.0 Å². The van der Waals surface area contributed by atoms with Crippen LogP contribution in [0.4, 0.5) is 0 Å². The van der Waals surface area contributed by atoms with Crippen LogP contribution in [-0.2, 0) is 10.5 Å². The predicted molar refractivity (Wildman–Crippen MR) is 88.8 cm³/mol. The van der Waals surface area contributed by atoms with Crippen LogP contribution in [0.1, 0.15) is 15.9 Å². The lowest BCUT2D eigenvalue weighted by atomic mass is 9.91. The average molecular weight is 362 g/mol. The molecule has 0 bridgehead atoms. The molecule has 0 aliphatic carbocycles. The molecule has 3 rings (SSSR count). The molecule has 4 atom stereocenters. The highest BCUT2D eigenvalue weighted by atomic mass is 16.6. The van der Waals surface area contributed by atoms with Gasteiger partial charge in [-0.1, -0.05) is 24.3 Å². The van der Waals surface area contributed by atoms with E-state index in [0.29, 0.717) is 5.56 Å². The van der Waals surface area contributed by atoms with Gasteiger partial charge >= 0.3 is 5.69 Å². The van der Waals surface area contributed by atoms with Crippen molar-refractivity contribution in [2.75, 3.05) is 6.61 Å².